The van der Waals surface area contributed by atoms with Crippen LogP contribution in [0, 0.1) is 0 Å². The van der Waals surface area contributed by atoms with Crippen molar-refractivity contribution in [2.45, 2.75) is 0 Å². The first-order valence-electron chi connectivity index (χ1n) is 7.61. The van der Waals surface area contributed by atoms with Gasteiger partial charge >= 0.3 is 0 Å². The van der Waals surface area contributed by atoms with Crippen molar-refractivity contribution in [2.75, 3.05) is 5.32 Å². The number of hydrogen-bond donors (Lipinski definition) is 1. The van der Waals surface area contributed by atoms with Gasteiger partial charge in [0.1, 0.15) is 16.9 Å². The summed E-state index contributed by atoms with van der Waals surface area (Å²) < 4.78 is 1.45. The Balaban J connectivity index is 1.86. The number of benzene rings is 1. The number of aromatic nitrogens is 5. The minimum atomic E-state index is -0.428. The fourth-order valence-corrected chi connectivity index (χ4v) is 3.08. The van der Waals surface area contributed by atoms with E-state index in [4.69, 9.17) is 0 Å². The summed E-state index contributed by atoms with van der Waals surface area (Å²) in [7, 11) is 1.65. The summed E-state index contributed by atoms with van der Waals surface area (Å²) in [6, 6.07) is 5.06. The molecule has 3 aromatic heterocycles. The molecule has 0 aliphatic rings. The van der Waals surface area contributed by atoms with Crippen LogP contribution in [-0.2, 0) is 7.05 Å². The van der Waals surface area contributed by atoms with Crippen LogP contribution in [0.15, 0.2) is 52.5 Å². The highest BCUT2D eigenvalue weighted by molar-refractivity contribution is 7.07. The molecule has 0 saturated carbocycles. The number of carbonyl (C=O) groups is 1. The van der Waals surface area contributed by atoms with Crippen LogP contribution >= 0.6 is 11.3 Å². The lowest BCUT2D eigenvalue weighted by atomic mass is 10.2. The molecule has 1 amide bonds. The molecular formula is C17H12N6O2S. The standard InChI is InChI=1S/C17H12N6O2S/c1-23-15(13-8-26-9-20-13)22-14-10(17(23)25)3-2-4-11(14)21-16(24)12-7-18-5-6-19-12/h2-9H,1H3,(H,21,24). The zero-order valence-electron chi connectivity index (χ0n) is 13.6. The first-order chi connectivity index (χ1) is 12.6. The molecule has 0 aliphatic heterocycles. The highest BCUT2D eigenvalue weighted by Gasteiger charge is 2.16. The maximum absolute atomic E-state index is 12.7. The summed E-state index contributed by atoms with van der Waals surface area (Å²) in [4.78, 5) is 41.8. The Morgan fingerprint density at radius 1 is 1.23 bits per heavy atom. The molecule has 0 radical (unpaired) electrons. The van der Waals surface area contributed by atoms with Crippen molar-refractivity contribution in [1.82, 2.24) is 24.5 Å². The van der Waals surface area contributed by atoms with Crippen molar-refractivity contribution in [3.05, 3.63) is 63.7 Å². The van der Waals surface area contributed by atoms with Gasteiger partial charge < -0.3 is 5.32 Å². The molecule has 8 nitrogen and oxygen atoms in total. The number of nitrogens with zero attached hydrogens (tertiary/aromatic N) is 5. The predicted octanol–water partition coefficient (Wildman–Crippen LogP) is 2.10. The molecular weight excluding hydrogens is 352 g/mol. The van der Waals surface area contributed by atoms with Gasteiger partial charge in [-0.15, -0.1) is 11.3 Å². The average Bonchev–Trinajstić information content (AvgIpc) is 3.20. The SMILES string of the molecule is Cn1c(-c2cscn2)nc2c(NC(=O)c3cnccn3)cccc2c1=O. The molecule has 3 heterocycles. The molecule has 1 aromatic carbocycles. The van der Waals surface area contributed by atoms with E-state index < -0.39 is 5.91 Å². The number of para-hydroxylation sites is 1. The Morgan fingerprint density at radius 2 is 2.12 bits per heavy atom. The lowest BCUT2D eigenvalue weighted by Gasteiger charge is -2.11. The van der Waals surface area contributed by atoms with Crippen molar-refractivity contribution in [2.24, 2.45) is 7.05 Å². The first kappa shape index (κ1) is 16.0. The Morgan fingerprint density at radius 3 is 2.85 bits per heavy atom. The molecule has 0 unspecified atom stereocenters. The highest BCUT2D eigenvalue weighted by atomic mass is 32.1. The van der Waals surface area contributed by atoms with Crippen LogP contribution < -0.4 is 10.9 Å². The lowest BCUT2D eigenvalue weighted by molar-refractivity contribution is 0.102. The van der Waals surface area contributed by atoms with Gasteiger partial charge in [-0.2, -0.15) is 0 Å². The molecule has 1 N–H and O–H groups in total. The number of amides is 1. The van der Waals surface area contributed by atoms with Crippen LogP contribution in [0.2, 0.25) is 0 Å². The van der Waals surface area contributed by atoms with E-state index in [-0.39, 0.29) is 11.3 Å². The quantitative estimate of drug-likeness (QED) is 0.597. The van der Waals surface area contributed by atoms with E-state index in [0.717, 1.165) is 0 Å². The largest absolute Gasteiger partial charge is 0.319 e. The minimum absolute atomic E-state index is 0.174. The predicted molar refractivity (Wildman–Crippen MR) is 98.1 cm³/mol. The number of rotatable bonds is 3. The van der Waals surface area contributed by atoms with Crippen molar-refractivity contribution in [3.8, 4) is 11.5 Å². The van der Waals surface area contributed by atoms with E-state index in [1.54, 1.807) is 30.8 Å². The summed E-state index contributed by atoms with van der Waals surface area (Å²) in [5, 5.41) is 4.97. The lowest BCUT2D eigenvalue weighted by Crippen LogP contribution is -2.21. The monoisotopic (exact) mass is 364 g/mol. The number of thiazole rings is 1. The molecule has 9 heteroatoms. The van der Waals surface area contributed by atoms with Crippen molar-refractivity contribution < 1.29 is 4.79 Å². The van der Waals surface area contributed by atoms with Gasteiger partial charge in [0.15, 0.2) is 5.82 Å². The van der Waals surface area contributed by atoms with Gasteiger partial charge in [0.25, 0.3) is 11.5 Å². The zero-order chi connectivity index (χ0) is 18.1. The normalized spacial score (nSPS) is 10.8. The first-order valence-corrected chi connectivity index (χ1v) is 8.55. The fourth-order valence-electron chi connectivity index (χ4n) is 2.55. The van der Waals surface area contributed by atoms with Gasteiger partial charge in [-0.05, 0) is 12.1 Å². The van der Waals surface area contributed by atoms with Gasteiger partial charge in [-0.1, -0.05) is 6.07 Å². The molecule has 26 heavy (non-hydrogen) atoms. The van der Waals surface area contributed by atoms with E-state index >= 15 is 0 Å². The molecule has 4 rings (SSSR count). The fraction of sp³-hybridized carbons (Fsp3) is 0.0588. The number of anilines is 1. The van der Waals surface area contributed by atoms with E-state index in [1.807, 2.05) is 5.38 Å². The van der Waals surface area contributed by atoms with Crippen LogP contribution in [-0.4, -0.2) is 30.4 Å². The van der Waals surface area contributed by atoms with Gasteiger partial charge in [0.05, 0.1) is 22.8 Å². The number of nitrogens with one attached hydrogen (secondary N) is 1. The highest BCUT2D eigenvalue weighted by Crippen LogP contribution is 2.23. The van der Waals surface area contributed by atoms with Crippen LogP contribution in [0.25, 0.3) is 22.4 Å². The number of carbonyl (C=O) groups excluding carboxylic acids is 1. The van der Waals surface area contributed by atoms with Crippen LogP contribution in [0.4, 0.5) is 5.69 Å². The number of fused-ring (bicyclic) bond motifs is 1. The van der Waals surface area contributed by atoms with Gasteiger partial charge in [-0.3, -0.25) is 19.1 Å². The third kappa shape index (κ3) is 2.74. The Kier molecular flexibility index (Phi) is 3.98. The number of hydrogen-bond acceptors (Lipinski definition) is 7. The average molecular weight is 364 g/mol. The third-order valence-corrected chi connectivity index (χ3v) is 4.40. The summed E-state index contributed by atoms with van der Waals surface area (Å²) >= 11 is 1.42. The van der Waals surface area contributed by atoms with Crippen LogP contribution in [0.1, 0.15) is 10.5 Å². The second kappa shape index (κ2) is 6.45. The van der Waals surface area contributed by atoms with Crippen LogP contribution in [0.3, 0.4) is 0 Å². The molecule has 0 saturated heterocycles. The molecule has 4 aromatic rings. The van der Waals surface area contributed by atoms with E-state index in [1.165, 1.54) is 34.5 Å². The molecule has 0 atom stereocenters. The minimum Gasteiger partial charge on any atom is -0.319 e. The maximum atomic E-state index is 12.7. The summed E-state index contributed by atoms with van der Waals surface area (Å²) in [5.74, 6) is 0.00763. The molecule has 0 bridgehead atoms. The summed E-state index contributed by atoms with van der Waals surface area (Å²) in [6.07, 6.45) is 4.29. The molecule has 0 spiro atoms. The van der Waals surface area contributed by atoms with E-state index in [0.29, 0.717) is 28.1 Å². The van der Waals surface area contributed by atoms with Crippen LogP contribution in [0.5, 0.6) is 0 Å². The molecule has 0 aliphatic carbocycles. The second-order valence-electron chi connectivity index (χ2n) is 5.42. The van der Waals surface area contributed by atoms with E-state index in [2.05, 4.69) is 25.3 Å². The Bertz CT molecular complexity index is 1160. The summed E-state index contributed by atoms with van der Waals surface area (Å²) in [5.41, 5.74) is 3.06. The third-order valence-electron chi connectivity index (χ3n) is 3.81. The molecule has 128 valence electrons. The summed E-state index contributed by atoms with van der Waals surface area (Å²) in [6.45, 7) is 0. The Hall–Kier alpha value is -3.46. The zero-order valence-corrected chi connectivity index (χ0v) is 14.4. The Labute approximate surface area is 151 Å². The smallest absolute Gasteiger partial charge is 0.275 e. The molecule has 0 fully saturated rings. The van der Waals surface area contributed by atoms with Gasteiger partial charge in [0.2, 0.25) is 0 Å². The van der Waals surface area contributed by atoms with Crippen molar-refractivity contribution >= 4 is 33.8 Å². The van der Waals surface area contributed by atoms with Crippen molar-refractivity contribution in [1.29, 1.82) is 0 Å². The van der Waals surface area contributed by atoms with E-state index in [9.17, 15) is 9.59 Å². The topological polar surface area (TPSA) is 103 Å². The van der Waals surface area contributed by atoms with Gasteiger partial charge in [-0.25, -0.2) is 15.0 Å². The second-order valence-corrected chi connectivity index (χ2v) is 6.14. The maximum Gasteiger partial charge on any atom is 0.275 e. The van der Waals surface area contributed by atoms with Gasteiger partial charge in [0, 0.05) is 24.8 Å². The van der Waals surface area contributed by atoms with Crippen molar-refractivity contribution in [3.63, 3.8) is 0 Å².